The molecule has 1 heterocycles. The highest BCUT2D eigenvalue weighted by atomic mass is 19.4. The average molecular weight is 333 g/mol. The predicted molar refractivity (Wildman–Crippen MR) is 75.4 cm³/mol. The van der Waals surface area contributed by atoms with Crippen molar-refractivity contribution in [1.29, 1.82) is 0 Å². The number of hydrogen-bond acceptors (Lipinski definition) is 4. The van der Waals surface area contributed by atoms with Crippen LogP contribution >= 0.6 is 0 Å². The Morgan fingerprint density at radius 2 is 1.91 bits per heavy atom. The number of halogens is 3. The van der Waals surface area contributed by atoms with Crippen molar-refractivity contribution >= 4 is 5.97 Å². The Morgan fingerprint density at radius 1 is 1.30 bits per heavy atom. The maximum absolute atomic E-state index is 12.0. The summed E-state index contributed by atoms with van der Waals surface area (Å²) in [6.07, 6.45) is -4.12. The Labute approximate surface area is 131 Å². The summed E-state index contributed by atoms with van der Waals surface area (Å²) in [6, 6.07) is 5.15. The maximum atomic E-state index is 12.0. The normalized spacial score (nSPS) is 22.1. The third-order valence-electron chi connectivity index (χ3n) is 3.80. The molecule has 0 aromatic heterocycles. The summed E-state index contributed by atoms with van der Waals surface area (Å²) in [7, 11) is 0. The molecule has 2 rings (SSSR count). The number of carbonyl (C=O) groups is 1. The molecule has 1 aromatic carbocycles. The zero-order valence-electron chi connectivity index (χ0n) is 12.6. The largest absolute Gasteiger partial charge is 0.573 e. The summed E-state index contributed by atoms with van der Waals surface area (Å²) in [5.41, 5.74) is -0.726. The number of hydrogen-bond donors (Lipinski definition) is 1. The lowest BCUT2D eigenvalue weighted by atomic mass is 9.90. The Morgan fingerprint density at radius 3 is 2.43 bits per heavy atom. The molecule has 128 valence electrons. The second-order valence-electron chi connectivity index (χ2n) is 5.76. The van der Waals surface area contributed by atoms with E-state index in [1.807, 2.05) is 4.90 Å². The topological polar surface area (TPSA) is 59.0 Å². The van der Waals surface area contributed by atoms with Crippen LogP contribution < -0.4 is 9.47 Å². The minimum atomic E-state index is -4.71. The Kier molecular flexibility index (Phi) is 5.03. The molecule has 0 bridgehead atoms. The van der Waals surface area contributed by atoms with E-state index in [1.165, 1.54) is 24.3 Å². The second kappa shape index (κ2) is 6.66. The summed E-state index contributed by atoms with van der Waals surface area (Å²) in [5, 5.41) is 9.15. The Hall–Kier alpha value is -1.96. The van der Waals surface area contributed by atoms with Crippen LogP contribution in [0.4, 0.5) is 13.2 Å². The van der Waals surface area contributed by atoms with E-state index in [2.05, 4.69) is 4.74 Å². The fourth-order valence-corrected chi connectivity index (χ4v) is 2.45. The van der Waals surface area contributed by atoms with E-state index in [-0.39, 0.29) is 5.75 Å². The first kappa shape index (κ1) is 17.4. The van der Waals surface area contributed by atoms with Crippen molar-refractivity contribution in [2.75, 3.05) is 26.2 Å². The molecule has 0 amide bonds. The van der Waals surface area contributed by atoms with Gasteiger partial charge in [-0.2, -0.15) is 0 Å². The van der Waals surface area contributed by atoms with Crippen molar-refractivity contribution in [3.8, 4) is 11.5 Å². The van der Waals surface area contributed by atoms with E-state index >= 15 is 0 Å². The molecule has 8 heteroatoms. The van der Waals surface area contributed by atoms with Crippen molar-refractivity contribution in [2.45, 2.75) is 19.7 Å². The van der Waals surface area contributed by atoms with Gasteiger partial charge >= 0.3 is 12.3 Å². The minimum absolute atomic E-state index is 0.304. The number of carboxylic acid groups (broad SMARTS) is 1. The van der Waals surface area contributed by atoms with E-state index in [4.69, 9.17) is 9.84 Å². The fourth-order valence-electron chi connectivity index (χ4n) is 2.45. The van der Waals surface area contributed by atoms with Gasteiger partial charge in [0.1, 0.15) is 18.1 Å². The number of benzene rings is 1. The molecule has 1 fully saturated rings. The van der Waals surface area contributed by atoms with Crippen molar-refractivity contribution in [1.82, 2.24) is 4.90 Å². The van der Waals surface area contributed by atoms with E-state index in [0.29, 0.717) is 38.4 Å². The molecule has 0 aliphatic carbocycles. The van der Waals surface area contributed by atoms with Crippen LogP contribution in [0.1, 0.15) is 13.3 Å². The van der Waals surface area contributed by atoms with Crippen molar-refractivity contribution in [3.63, 3.8) is 0 Å². The zero-order chi connectivity index (χ0) is 17.1. The smallest absolute Gasteiger partial charge is 0.492 e. The molecule has 0 spiro atoms. The molecular weight excluding hydrogens is 315 g/mol. The first-order valence-corrected chi connectivity index (χ1v) is 7.12. The van der Waals surface area contributed by atoms with Gasteiger partial charge in [-0.05, 0) is 44.2 Å². The lowest BCUT2D eigenvalue weighted by Gasteiger charge is -2.20. The summed E-state index contributed by atoms with van der Waals surface area (Å²) >= 11 is 0. The number of rotatable bonds is 6. The maximum Gasteiger partial charge on any atom is 0.573 e. The van der Waals surface area contributed by atoms with Gasteiger partial charge in [0.15, 0.2) is 0 Å². The molecule has 0 saturated carbocycles. The first-order valence-electron chi connectivity index (χ1n) is 7.12. The third kappa shape index (κ3) is 5.02. The Balaban J connectivity index is 1.76. The highest BCUT2D eigenvalue weighted by Gasteiger charge is 2.40. The van der Waals surface area contributed by atoms with Gasteiger partial charge in [0, 0.05) is 13.1 Å². The molecule has 5 nitrogen and oxygen atoms in total. The molecule has 1 aromatic rings. The lowest BCUT2D eigenvalue weighted by Crippen LogP contribution is -2.33. The van der Waals surface area contributed by atoms with E-state index in [1.54, 1.807) is 6.92 Å². The van der Waals surface area contributed by atoms with E-state index < -0.39 is 17.7 Å². The van der Waals surface area contributed by atoms with Crippen LogP contribution in [-0.2, 0) is 4.79 Å². The summed E-state index contributed by atoms with van der Waals surface area (Å²) in [5.74, 6) is -0.678. The van der Waals surface area contributed by atoms with Crippen LogP contribution in [0.5, 0.6) is 11.5 Å². The van der Waals surface area contributed by atoms with Gasteiger partial charge in [-0.15, -0.1) is 13.2 Å². The van der Waals surface area contributed by atoms with Crippen LogP contribution in [0.3, 0.4) is 0 Å². The summed E-state index contributed by atoms with van der Waals surface area (Å²) in [6.45, 7) is 3.75. The molecular formula is C15H18F3NO4. The van der Waals surface area contributed by atoms with Gasteiger partial charge in [0.2, 0.25) is 0 Å². The van der Waals surface area contributed by atoms with Crippen LogP contribution in [-0.4, -0.2) is 48.6 Å². The van der Waals surface area contributed by atoms with Crippen LogP contribution in [0.2, 0.25) is 0 Å². The summed E-state index contributed by atoms with van der Waals surface area (Å²) < 4.78 is 45.3. The SMILES string of the molecule is CC1(C(=O)O)CCN(CCOc2ccc(OC(F)(F)F)cc2)C1. The molecule has 1 aliphatic heterocycles. The van der Waals surface area contributed by atoms with Gasteiger partial charge in [-0.1, -0.05) is 0 Å². The van der Waals surface area contributed by atoms with Gasteiger partial charge < -0.3 is 14.6 Å². The number of nitrogens with zero attached hydrogens (tertiary/aromatic N) is 1. The molecule has 1 aliphatic rings. The molecule has 1 unspecified atom stereocenters. The van der Waals surface area contributed by atoms with Crippen molar-refractivity contribution in [3.05, 3.63) is 24.3 Å². The number of ether oxygens (including phenoxy) is 2. The quantitative estimate of drug-likeness (QED) is 0.867. The first-order chi connectivity index (χ1) is 10.7. The van der Waals surface area contributed by atoms with Gasteiger partial charge in [-0.3, -0.25) is 9.69 Å². The Bertz CT molecular complexity index is 547. The fraction of sp³-hybridized carbons (Fsp3) is 0.533. The van der Waals surface area contributed by atoms with E-state index in [9.17, 15) is 18.0 Å². The number of likely N-dealkylation sites (tertiary alicyclic amines) is 1. The van der Waals surface area contributed by atoms with Crippen LogP contribution in [0.15, 0.2) is 24.3 Å². The van der Waals surface area contributed by atoms with Crippen LogP contribution in [0.25, 0.3) is 0 Å². The number of aliphatic carboxylic acids is 1. The molecule has 1 atom stereocenters. The van der Waals surface area contributed by atoms with Crippen molar-refractivity contribution in [2.24, 2.45) is 5.41 Å². The number of carboxylic acids is 1. The van der Waals surface area contributed by atoms with E-state index in [0.717, 1.165) is 0 Å². The zero-order valence-corrected chi connectivity index (χ0v) is 12.6. The molecule has 1 N–H and O–H groups in total. The monoisotopic (exact) mass is 333 g/mol. The highest BCUT2D eigenvalue weighted by molar-refractivity contribution is 5.74. The van der Waals surface area contributed by atoms with Crippen LogP contribution in [0, 0.1) is 5.41 Å². The molecule has 0 radical (unpaired) electrons. The van der Waals surface area contributed by atoms with Gasteiger partial charge in [-0.25, -0.2) is 0 Å². The average Bonchev–Trinajstić information content (AvgIpc) is 2.82. The minimum Gasteiger partial charge on any atom is -0.492 e. The lowest BCUT2D eigenvalue weighted by molar-refractivity contribution is -0.274. The predicted octanol–water partition coefficient (Wildman–Crippen LogP) is 2.76. The molecule has 1 saturated heterocycles. The van der Waals surface area contributed by atoms with Gasteiger partial charge in [0.05, 0.1) is 5.41 Å². The van der Waals surface area contributed by atoms with Gasteiger partial charge in [0.25, 0.3) is 0 Å². The van der Waals surface area contributed by atoms with Crippen molar-refractivity contribution < 1.29 is 32.5 Å². The summed E-state index contributed by atoms with van der Waals surface area (Å²) in [4.78, 5) is 13.1. The molecule has 23 heavy (non-hydrogen) atoms. The highest BCUT2D eigenvalue weighted by Crippen LogP contribution is 2.30. The third-order valence-corrected chi connectivity index (χ3v) is 3.80. The standard InChI is InChI=1S/C15H18F3NO4/c1-14(13(20)21)6-7-19(10-14)8-9-22-11-2-4-12(5-3-11)23-15(16,17)18/h2-5H,6-10H2,1H3,(H,20,21). The second-order valence-corrected chi connectivity index (χ2v) is 5.76. The number of alkyl halides is 3.